The highest BCUT2D eigenvalue weighted by molar-refractivity contribution is 5.76. The second kappa shape index (κ2) is 9.30. The van der Waals surface area contributed by atoms with E-state index in [-0.39, 0.29) is 11.5 Å². The van der Waals surface area contributed by atoms with Gasteiger partial charge in [-0.2, -0.15) is 0 Å². The van der Waals surface area contributed by atoms with Crippen molar-refractivity contribution in [3.05, 3.63) is 0 Å². The van der Waals surface area contributed by atoms with E-state index >= 15 is 0 Å². The van der Waals surface area contributed by atoms with Gasteiger partial charge in [0.25, 0.3) is 0 Å². The molecule has 1 atom stereocenters. The highest BCUT2D eigenvalue weighted by atomic mass is 16.5. The van der Waals surface area contributed by atoms with E-state index in [0.717, 1.165) is 6.42 Å². The Hall–Kier alpha value is -0.650. The number of carbonyl (C=O) groups excluding carboxylic acids is 1. The summed E-state index contributed by atoms with van der Waals surface area (Å²) >= 11 is 0. The van der Waals surface area contributed by atoms with Crippen LogP contribution in [0.3, 0.4) is 0 Å². The molecule has 2 N–H and O–H groups in total. The third-order valence-corrected chi connectivity index (χ3v) is 2.82. The van der Waals surface area contributed by atoms with Gasteiger partial charge in [0.05, 0.1) is 12.2 Å². The lowest BCUT2D eigenvalue weighted by atomic mass is 10.00. The maximum Gasteiger partial charge on any atom is 0.221 e. The number of hydrogen-bond donors (Lipinski definition) is 2. The van der Waals surface area contributed by atoms with Crippen LogP contribution < -0.4 is 10.6 Å². The first kappa shape index (κ1) is 17.4. The molecule has 1 amide bonds. The van der Waals surface area contributed by atoms with Gasteiger partial charge in [-0.15, -0.1) is 0 Å². The molecule has 0 aliphatic heterocycles. The van der Waals surface area contributed by atoms with E-state index in [1.54, 1.807) is 14.2 Å². The monoisotopic (exact) mass is 260 g/mol. The van der Waals surface area contributed by atoms with Crippen molar-refractivity contribution in [2.45, 2.75) is 45.3 Å². The van der Waals surface area contributed by atoms with Crippen molar-refractivity contribution >= 4 is 5.91 Å². The van der Waals surface area contributed by atoms with Crippen molar-refractivity contribution in [1.82, 2.24) is 10.6 Å². The van der Waals surface area contributed by atoms with Gasteiger partial charge in [-0.25, -0.2) is 0 Å². The SMILES string of the molecule is COCCNC(=O)CCNC(C)CC(C)(C)OC. The van der Waals surface area contributed by atoms with E-state index in [2.05, 4.69) is 31.4 Å². The third-order valence-electron chi connectivity index (χ3n) is 2.82. The van der Waals surface area contributed by atoms with Crippen molar-refractivity contribution in [2.75, 3.05) is 33.9 Å². The van der Waals surface area contributed by atoms with E-state index < -0.39 is 0 Å². The Morgan fingerprint density at radius 2 is 1.94 bits per heavy atom. The van der Waals surface area contributed by atoms with E-state index in [4.69, 9.17) is 9.47 Å². The Morgan fingerprint density at radius 3 is 2.50 bits per heavy atom. The van der Waals surface area contributed by atoms with Crippen LogP contribution in [-0.2, 0) is 14.3 Å². The minimum absolute atomic E-state index is 0.0535. The summed E-state index contributed by atoms with van der Waals surface area (Å²) in [4.78, 5) is 11.4. The van der Waals surface area contributed by atoms with Gasteiger partial charge in [0, 0.05) is 39.8 Å². The van der Waals surface area contributed by atoms with Crippen LogP contribution in [0, 0.1) is 0 Å². The van der Waals surface area contributed by atoms with E-state index in [9.17, 15) is 4.79 Å². The summed E-state index contributed by atoms with van der Waals surface area (Å²) in [6.07, 6.45) is 1.40. The Labute approximate surface area is 111 Å². The fraction of sp³-hybridized carbons (Fsp3) is 0.923. The van der Waals surface area contributed by atoms with Crippen LogP contribution in [0.1, 0.15) is 33.6 Å². The predicted octanol–water partition coefficient (Wildman–Crippen LogP) is 0.932. The maximum absolute atomic E-state index is 11.4. The molecule has 0 bridgehead atoms. The Balaban J connectivity index is 3.61. The lowest BCUT2D eigenvalue weighted by Crippen LogP contribution is -2.37. The van der Waals surface area contributed by atoms with Gasteiger partial charge < -0.3 is 20.1 Å². The smallest absolute Gasteiger partial charge is 0.221 e. The summed E-state index contributed by atoms with van der Waals surface area (Å²) in [6, 6.07) is 0.326. The molecule has 5 heteroatoms. The van der Waals surface area contributed by atoms with Crippen molar-refractivity contribution in [3.63, 3.8) is 0 Å². The maximum atomic E-state index is 11.4. The minimum atomic E-state index is -0.132. The molecule has 0 aromatic rings. The van der Waals surface area contributed by atoms with Crippen LogP contribution in [0.2, 0.25) is 0 Å². The summed E-state index contributed by atoms with van der Waals surface area (Å²) < 4.78 is 10.2. The summed E-state index contributed by atoms with van der Waals surface area (Å²) in [7, 11) is 3.34. The second-order valence-corrected chi connectivity index (χ2v) is 5.12. The van der Waals surface area contributed by atoms with E-state index in [0.29, 0.717) is 32.2 Å². The molecule has 18 heavy (non-hydrogen) atoms. The lowest BCUT2D eigenvalue weighted by Gasteiger charge is -2.27. The number of hydrogen-bond acceptors (Lipinski definition) is 4. The number of amides is 1. The Morgan fingerprint density at radius 1 is 1.28 bits per heavy atom. The minimum Gasteiger partial charge on any atom is -0.383 e. The summed E-state index contributed by atoms with van der Waals surface area (Å²) in [6.45, 7) is 8.02. The fourth-order valence-corrected chi connectivity index (χ4v) is 1.71. The molecule has 0 aromatic heterocycles. The molecule has 5 nitrogen and oxygen atoms in total. The zero-order chi connectivity index (χ0) is 14.0. The Kier molecular flexibility index (Phi) is 8.97. The molecule has 108 valence electrons. The van der Waals surface area contributed by atoms with Gasteiger partial charge in [0.2, 0.25) is 5.91 Å². The molecule has 0 aromatic carbocycles. The molecule has 0 heterocycles. The molecular weight excluding hydrogens is 232 g/mol. The number of ether oxygens (including phenoxy) is 2. The normalized spacial score (nSPS) is 13.4. The van der Waals surface area contributed by atoms with Gasteiger partial charge in [-0.05, 0) is 27.2 Å². The van der Waals surface area contributed by atoms with E-state index in [1.807, 2.05) is 0 Å². The number of methoxy groups -OCH3 is 2. The van der Waals surface area contributed by atoms with Crippen molar-refractivity contribution in [3.8, 4) is 0 Å². The molecular formula is C13H28N2O3. The second-order valence-electron chi connectivity index (χ2n) is 5.12. The molecule has 0 saturated carbocycles. The molecule has 0 rings (SSSR count). The summed E-state index contributed by atoms with van der Waals surface area (Å²) in [5.74, 6) is 0.0535. The van der Waals surface area contributed by atoms with Crippen LogP contribution >= 0.6 is 0 Å². The average Bonchev–Trinajstić information content (AvgIpc) is 2.28. The van der Waals surface area contributed by atoms with Crippen LogP contribution in [0.15, 0.2) is 0 Å². The third kappa shape index (κ3) is 9.39. The number of nitrogens with one attached hydrogen (secondary N) is 2. The topological polar surface area (TPSA) is 59.6 Å². The highest BCUT2D eigenvalue weighted by Gasteiger charge is 2.19. The summed E-state index contributed by atoms with van der Waals surface area (Å²) in [5.41, 5.74) is -0.132. The first-order valence-electron chi connectivity index (χ1n) is 6.45. The predicted molar refractivity (Wildman–Crippen MR) is 72.7 cm³/mol. The average molecular weight is 260 g/mol. The number of carbonyl (C=O) groups is 1. The fourth-order valence-electron chi connectivity index (χ4n) is 1.71. The van der Waals surface area contributed by atoms with Crippen LogP contribution in [0.25, 0.3) is 0 Å². The standard InChI is InChI=1S/C13H28N2O3/c1-11(10-13(2,3)18-5)14-7-6-12(16)15-8-9-17-4/h11,14H,6-10H2,1-5H3,(H,15,16). The van der Waals surface area contributed by atoms with Crippen molar-refractivity contribution in [2.24, 2.45) is 0 Å². The molecule has 0 aliphatic rings. The molecule has 0 saturated heterocycles. The van der Waals surface area contributed by atoms with Crippen LogP contribution in [-0.4, -0.2) is 51.5 Å². The quantitative estimate of drug-likeness (QED) is 0.574. The number of rotatable bonds is 10. The van der Waals surface area contributed by atoms with Crippen LogP contribution in [0.4, 0.5) is 0 Å². The molecule has 1 unspecified atom stereocenters. The zero-order valence-electron chi connectivity index (χ0n) is 12.3. The molecule has 0 spiro atoms. The zero-order valence-corrected chi connectivity index (χ0v) is 12.3. The van der Waals surface area contributed by atoms with Crippen LogP contribution in [0.5, 0.6) is 0 Å². The van der Waals surface area contributed by atoms with Crippen molar-refractivity contribution in [1.29, 1.82) is 0 Å². The highest BCUT2D eigenvalue weighted by Crippen LogP contribution is 2.15. The first-order valence-corrected chi connectivity index (χ1v) is 6.45. The van der Waals surface area contributed by atoms with E-state index in [1.165, 1.54) is 0 Å². The summed E-state index contributed by atoms with van der Waals surface area (Å²) in [5, 5.41) is 6.11. The van der Waals surface area contributed by atoms with Gasteiger partial charge >= 0.3 is 0 Å². The first-order chi connectivity index (χ1) is 8.41. The molecule has 0 radical (unpaired) electrons. The van der Waals surface area contributed by atoms with Gasteiger partial charge in [0.1, 0.15) is 0 Å². The molecule has 0 fully saturated rings. The lowest BCUT2D eigenvalue weighted by molar-refractivity contribution is -0.121. The van der Waals surface area contributed by atoms with Gasteiger partial charge in [-0.1, -0.05) is 0 Å². The van der Waals surface area contributed by atoms with Crippen molar-refractivity contribution < 1.29 is 14.3 Å². The van der Waals surface area contributed by atoms with Gasteiger partial charge in [0.15, 0.2) is 0 Å². The molecule has 0 aliphatic carbocycles. The largest absolute Gasteiger partial charge is 0.383 e. The Bertz CT molecular complexity index is 232. The van der Waals surface area contributed by atoms with Gasteiger partial charge in [-0.3, -0.25) is 4.79 Å².